The molecule has 0 spiro atoms. The third kappa shape index (κ3) is 3.24. The second-order valence-corrected chi connectivity index (χ2v) is 4.11. The minimum atomic E-state index is 0.665. The van der Waals surface area contributed by atoms with Crippen molar-refractivity contribution in [1.82, 2.24) is 0 Å². The first-order chi connectivity index (χ1) is 8.28. The van der Waals surface area contributed by atoms with Crippen molar-refractivity contribution in [2.24, 2.45) is 0 Å². The fourth-order valence-corrected chi connectivity index (χ4v) is 1.73. The van der Waals surface area contributed by atoms with E-state index in [9.17, 15) is 0 Å². The number of benzene rings is 2. The number of nitrogens with one attached hydrogen (secondary N) is 1. The van der Waals surface area contributed by atoms with Crippen molar-refractivity contribution >= 4 is 17.3 Å². The van der Waals surface area contributed by atoms with E-state index in [1.807, 2.05) is 36.4 Å². The highest BCUT2D eigenvalue weighted by Gasteiger charge is 1.96. The number of nitrogens with zero attached hydrogens (tertiary/aromatic N) is 1. The van der Waals surface area contributed by atoms with E-state index in [4.69, 9.17) is 16.9 Å². The first-order valence-corrected chi connectivity index (χ1v) is 5.64. The quantitative estimate of drug-likeness (QED) is 0.888. The van der Waals surface area contributed by atoms with E-state index >= 15 is 0 Å². The van der Waals surface area contributed by atoms with Crippen LogP contribution in [0.25, 0.3) is 0 Å². The molecule has 0 bridgehead atoms. The van der Waals surface area contributed by atoms with Gasteiger partial charge in [-0.1, -0.05) is 23.7 Å². The number of anilines is 1. The molecule has 1 N–H and O–H groups in total. The Hall–Kier alpha value is -1.98. The Bertz CT molecular complexity index is 541. The van der Waals surface area contributed by atoms with Crippen LogP contribution in [0.1, 0.15) is 11.1 Å². The molecule has 3 heteroatoms. The largest absolute Gasteiger partial charge is 0.381 e. The van der Waals surface area contributed by atoms with Crippen LogP contribution in [-0.4, -0.2) is 0 Å². The molecule has 0 aliphatic carbocycles. The summed E-state index contributed by atoms with van der Waals surface area (Å²) < 4.78 is 0. The van der Waals surface area contributed by atoms with Crippen LogP contribution in [0.15, 0.2) is 48.5 Å². The van der Waals surface area contributed by atoms with Gasteiger partial charge in [-0.15, -0.1) is 0 Å². The van der Waals surface area contributed by atoms with Gasteiger partial charge in [0.2, 0.25) is 0 Å². The van der Waals surface area contributed by atoms with Gasteiger partial charge in [0.1, 0.15) is 0 Å². The summed E-state index contributed by atoms with van der Waals surface area (Å²) in [7, 11) is 0. The average molecular weight is 243 g/mol. The molecule has 2 rings (SSSR count). The van der Waals surface area contributed by atoms with Crippen molar-refractivity contribution in [3.8, 4) is 6.07 Å². The first kappa shape index (κ1) is 11.5. The minimum Gasteiger partial charge on any atom is -0.381 e. The first-order valence-electron chi connectivity index (χ1n) is 5.26. The van der Waals surface area contributed by atoms with Crippen molar-refractivity contribution in [2.75, 3.05) is 5.32 Å². The van der Waals surface area contributed by atoms with Crippen LogP contribution >= 0.6 is 11.6 Å². The van der Waals surface area contributed by atoms with Gasteiger partial charge in [0.25, 0.3) is 0 Å². The van der Waals surface area contributed by atoms with E-state index in [0.717, 1.165) is 16.3 Å². The fraction of sp³-hybridized carbons (Fsp3) is 0.0714. The van der Waals surface area contributed by atoms with E-state index in [1.165, 1.54) is 0 Å². The maximum Gasteiger partial charge on any atom is 0.0991 e. The Balaban J connectivity index is 2.00. The molecule has 0 atom stereocenters. The van der Waals surface area contributed by atoms with Crippen LogP contribution in [0.2, 0.25) is 5.02 Å². The zero-order valence-corrected chi connectivity index (χ0v) is 9.91. The Morgan fingerprint density at radius 1 is 1.12 bits per heavy atom. The standard InChI is InChI=1S/C14H11ClN2/c15-13-3-1-2-12(8-13)10-17-14-6-4-11(9-16)5-7-14/h1-8,17H,10H2. The third-order valence-electron chi connectivity index (χ3n) is 2.40. The Morgan fingerprint density at radius 3 is 2.53 bits per heavy atom. The molecular weight excluding hydrogens is 232 g/mol. The van der Waals surface area contributed by atoms with Gasteiger partial charge >= 0.3 is 0 Å². The lowest BCUT2D eigenvalue weighted by molar-refractivity contribution is 1.15. The van der Waals surface area contributed by atoms with E-state index in [-0.39, 0.29) is 0 Å². The van der Waals surface area contributed by atoms with Gasteiger partial charge in [0, 0.05) is 17.3 Å². The van der Waals surface area contributed by atoms with E-state index < -0.39 is 0 Å². The topological polar surface area (TPSA) is 35.8 Å². The molecule has 84 valence electrons. The van der Waals surface area contributed by atoms with E-state index in [1.54, 1.807) is 12.1 Å². The van der Waals surface area contributed by atoms with E-state index in [0.29, 0.717) is 12.1 Å². The Labute approximate surface area is 105 Å². The van der Waals surface area contributed by atoms with E-state index in [2.05, 4.69) is 11.4 Å². The molecule has 0 amide bonds. The van der Waals surface area contributed by atoms with Crippen molar-refractivity contribution in [3.63, 3.8) is 0 Å². The maximum atomic E-state index is 8.68. The van der Waals surface area contributed by atoms with Crippen molar-refractivity contribution in [3.05, 3.63) is 64.7 Å². The smallest absolute Gasteiger partial charge is 0.0991 e. The molecule has 0 aliphatic rings. The number of hydrogen-bond acceptors (Lipinski definition) is 2. The van der Waals surface area contributed by atoms with Crippen molar-refractivity contribution < 1.29 is 0 Å². The lowest BCUT2D eigenvalue weighted by Crippen LogP contribution is -1.98. The van der Waals surface area contributed by atoms with Gasteiger partial charge in [-0.05, 0) is 42.0 Å². The molecule has 0 aliphatic heterocycles. The highest BCUT2D eigenvalue weighted by atomic mass is 35.5. The number of rotatable bonds is 3. The highest BCUT2D eigenvalue weighted by molar-refractivity contribution is 6.30. The van der Waals surface area contributed by atoms with Crippen LogP contribution < -0.4 is 5.32 Å². The normalized spacial score (nSPS) is 9.65. The predicted octanol–water partition coefficient (Wildman–Crippen LogP) is 3.82. The summed E-state index contributed by atoms with van der Waals surface area (Å²) in [6.07, 6.45) is 0. The lowest BCUT2D eigenvalue weighted by Gasteiger charge is -2.06. The summed E-state index contributed by atoms with van der Waals surface area (Å²) in [5, 5.41) is 12.7. The molecule has 0 aromatic heterocycles. The SMILES string of the molecule is N#Cc1ccc(NCc2cccc(Cl)c2)cc1. The predicted molar refractivity (Wildman–Crippen MR) is 69.9 cm³/mol. The Morgan fingerprint density at radius 2 is 1.88 bits per heavy atom. The van der Waals surface area contributed by atoms with Crippen LogP contribution in [-0.2, 0) is 6.54 Å². The average Bonchev–Trinajstić information content (AvgIpc) is 2.37. The molecule has 0 fully saturated rings. The third-order valence-corrected chi connectivity index (χ3v) is 2.63. The van der Waals surface area contributed by atoms with Gasteiger partial charge < -0.3 is 5.32 Å². The summed E-state index contributed by atoms with van der Waals surface area (Å²) in [6, 6.07) is 17.2. The molecule has 2 nitrogen and oxygen atoms in total. The Kier molecular flexibility index (Phi) is 3.64. The van der Waals surface area contributed by atoms with Crippen LogP contribution in [0, 0.1) is 11.3 Å². The number of hydrogen-bond donors (Lipinski definition) is 1. The lowest BCUT2D eigenvalue weighted by atomic mass is 10.2. The molecule has 0 radical (unpaired) electrons. The number of halogens is 1. The van der Waals surface area contributed by atoms with Crippen LogP contribution in [0.3, 0.4) is 0 Å². The molecule has 0 saturated carbocycles. The zero-order valence-electron chi connectivity index (χ0n) is 9.15. The summed E-state index contributed by atoms with van der Waals surface area (Å²) >= 11 is 5.90. The van der Waals surface area contributed by atoms with Gasteiger partial charge in [-0.2, -0.15) is 5.26 Å². The van der Waals surface area contributed by atoms with Crippen molar-refractivity contribution in [2.45, 2.75) is 6.54 Å². The second kappa shape index (κ2) is 5.38. The van der Waals surface area contributed by atoms with Gasteiger partial charge in [-0.25, -0.2) is 0 Å². The highest BCUT2D eigenvalue weighted by Crippen LogP contribution is 2.13. The van der Waals surface area contributed by atoms with Crippen LogP contribution in [0.5, 0.6) is 0 Å². The molecule has 2 aromatic carbocycles. The van der Waals surface area contributed by atoms with Crippen molar-refractivity contribution in [1.29, 1.82) is 5.26 Å². The fourth-order valence-electron chi connectivity index (χ4n) is 1.51. The molecule has 17 heavy (non-hydrogen) atoms. The molecule has 0 saturated heterocycles. The molecule has 0 heterocycles. The molecule has 2 aromatic rings. The monoisotopic (exact) mass is 242 g/mol. The van der Waals surface area contributed by atoms with Gasteiger partial charge in [-0.3, -0.25) is 0 Å². The summed E-state index contributed by atoms with van der Waals surface area (Å²) in [4.78, 5) is 0. The maximum absolute atomic E-state index is 8.68. The minimum absolute atomic E-state index is 0.665. The van der Waals surface area contributed by atoms with Crippen LogP contribution in [0.4, 0.5) is 5.69 Å². The molecule has 0 unspecified atom stereocenters. The van der Waals surface area contributed by atoms with Gasteiger partial charge in [0.05, 0.1) is 11.6 Å². The summed E-state index contributed by atoms with van der Waals surface area (Å²) in [5.74, 6) is 0. The number of nitriles is 1. The second-order valence-electron chi connectivity index (χ2n) is 3.67. The zero-order chi connectivity index (χ0) is 12.1. The van der Waals surface area contributed by atoms with Gasteiger partial charge in [0.15, 0.2) is 0 Å². The molecular formula is C14H11ClN2. The summed E-state index contributed by atoms with van der Waals surface area (Å²) in [5.41, 5.74) is 2.78. The summed E-state index contributed by atoms with van der Waals surface area (Å²) in [6.45, 7) is 0.715.